The molecule has 0 saturated heterocycles. The molecule has 0 radical (unpaired) electrons. The molecule has 0 aromatic carbocycles. The molecule has 3 fully saturated rings. The van der Waals surface area contributed by atoms with E-state index in [1.807, 2.05) is 0 Å². The van der Waals surface area contributed by atoms with Crippen LogP contribution in [-0.2, 0) is 0 Å². The molecule has 4 aliphatic carbocycles. The minimum Gasteiger partial charge on any atom is -0.513 e. The highest BCUT2D eigenvalue weighted by Crippen LogP contribution is 2.67. The van der Waals surface area contributed by atoms with Gasteiger partial charge in [-0.1, -0.05) is 27.2 Å². The third kappa shape index (κ3) is 1.89. The fourth-order valence-corrected chi connectivity index (χ4v) is 7.62. The number of aliphatic hydroxyl groups is 1. The Morgan fingerprint density at radius 3 is 2.55 bits per heavy atom. The molecular weight excluding hydrogens is 268 g/mol. The van der Waals surface area contributed by atoms with Crippen LogP contribution in [0.2, 0.25) is 0 Å². The van der Waals surface area contributed by atoms with Gasteiger partial charge in [-0.15, -0.1) is 0 Å². The standard InChI is InChI=1S/C21H34O/c1-4-14-6-8-18-17-7-5-15-13-16(22)9-11-21(15,3)19(17)10-12-20(14,18)2/h13-15,17-19,22H,4-12H2,1-3H3. The highest BCUT2D eigenvalue weighted by atomic mass is 16.3. The van der Waals surface area contributed by atoms with Crippen molar-refractivity contribution in [1.82, 2.24) is 0 Å². The third-order valence-corrected chi connectivity index (χ3v) is 8.94. The van der Waals surface area contributed by atoms with Crippen LogP contribution in [0.4, 0.5) is 0 Å². The Morgan fingerprint density at radius 2 is 1.77 bits per heavy atom. The lowest BCUT2D eigenvalue weighted by atomic mass is 9.45. The van der Waals surface area contributed by atoms with Gasteiger partial charge in [-0.25, -0.2) is 0 Å². The Labute approximate surface area is 136 Å². The van der Waals surface area contributed by atoms with E-state index in [-0.39, 0.29) is 0 Å². The van der Waals surface area contributed by atoms with E-state index >= 15 is 0 Å². The maximum absolute atomic E-state index is 9.98. The lowest BCUT2D eigenvalue weighted by Gasteiger charge is -2.59. The molecule has 0 aromatic heterocycles. The van der Waals surface area contributed by atoms with E-state index in [4.69, 9.17) is 0 Å². The van der Waals surface area contributed by atoms with Crippen molar-refractivity contribution in [2.75, 3.05) is 0 Å². The van der Waals surface area contributed by atoms with Gasteiger partial charge in [0.2, 0.25) is 0 Å². The second kappa shape index (κ2) is 5.02. The second-order valence-electron chi connectivity index (χ2n) is 9.45. The molecule has 4 rings (SSSR count). The van der Waals surface area contributed by atoms with Crippen LogP contribution in [-0.4, -0.2) is 5.11 Å². The summed E-state index contributed by atoms with van der Waals surface area (Å²) in [6.45, 7) is 7.61. The molecule has 1 N–H and O–H groups in total. The van der Waals surface area contributed by atoms with Crippen molar-refractivity contribution in [3.8, 4) is 0 Å². The number of fused-ring (bicyclic) bond motifs is 5. The first-order valence-electron chi connectivity index (χ1n) is 9.88. The summed E-state index contributed by atoms with van der Waals surface area (Å²) in [7, 11) is 0. The van der Waals surface area contributed by atoms with Crippen LogP contribution in [0.15, 0.2) is 11.8 Å². The summed E-state index contributed by atoms with van der Waals surface area (Å²) in [5.41, 5.74) is 1.12. The summed E-state index contributed by atoms with van der Waals surface area (Å²) in [6, 6.07) is 0. The Balaban J connectivity index is 1.64. The molecule has 3 saturated carbocycles. The zero-order chi connectivity index (χ0) is 15.5. The van der Waals surface area contributed by atoms with Crippen molar-refractivity contribution < 1.29 is 5.11 Å². The SMILES string of the molecule is CCC1CCC2C3CCC4C=C(O)CCC4(C)C3CCC12C. The van der Waals surface area contributed by atoms with Crippen LogP contribution in [0.1, 0.15) is 78.6 Å². The molecule has 0 bridgehead atoms. The van der Waals surface area contributed by atoms with Gasteiger partial charge in [-0.05, 0) is 91.4 Å². The third-order valence-electron chi connectivity index (χ3n) is 8.94. The van der Waals surface area contributed by atoms with E-state index in [1.165, 1.54) is 51.4 Å². The smallest absolute Gasteiger partial charge is 0.0886 e. The van der Waals surface area contributed by atoms with Crippen molar-refractivity contribution in [2.45, 2.75) is 78.6 Å². The van der Waals surface area contributed by atoms with Gasteiger partial charge in [0.05, 0.1) is 5.76 Å². The number of aliphatic hydroxyl groups excluding tert-OH is 1. The Morgan fingerprint density at radius 1 is 1.00 bits per heavy atom. The summed E-state index contributed by atoms with van der Waals surface area (Å²) in [5, 5.41) is 9.98. The summed E-state index contributed by atoms with van der Waals surface area (Å²) in [6.07, 6.45) is 14.4. The van der Waals surface area contributed by atoms with Gasteiger partial charge < -0.3 is 5.11 Å². The first-order chi connectivity index (χ1) is 10.5. The molecular formula is C21H34O. The second-order valence-corrected chi connectivity index (χ2v) is 9.45. The maximum Gasteiger partial charge on any atom is 0.0886 e. The number of hydrogen-bond donors (Lipinski definition) is 1. The van der Waals surface area contributed by atoms with Crippen LogP contribution >= 0.6 is 0 Å². The quantitative estimate of drug-likeness (QED) is 0.620. The summed E-state index contributed by atoms with van der Waals surface area (Å²) in [4.78, 5) is 0. The topological polar surface area (TPSA) is 20.2 Å². The number of rotatable bonds is 1. The molecule has 1 heteroatoms. The molecule has 124 valence electrons. The van der Waals surface area contributed by atoms with Gasteiger partial charge in [-0.2, -0.15) is 0 Å². The average Bonchev–Trinajstić information content (AvgIpc) is 2.84. The molecule has 0 amide bonds. The monoisotopic (exact) mass is 302 g/mol. The molecule has 4 aliphatic rings. The highest BCUT2D eigenvalue weighted by Gasteiger charge is 2.59. The van der Waals surface area contributed by atoms with Crippen molar-refractivity contribution in [2.24, 2.45) is 40.4 Å². The van der Waals surface area contributed by atoms with Crippen molar-refractivity contribution in [1.29, 1.82) is 0 Å². The first kappa shape index (κ1) is 15.1. The van der Waals surface area contributed by atoms with Gasteiger partial charge >= 0.3 is 0 Å². The zero-order valence-corrected chi connectivity index (χ0v) is 14.8. The van der Waals surface area contributed by atoms with Gasteiger partial charge in [0.1, 0.15) is 0 Å². The van der Waals surface area contributed by atoms with E-state index < -0.39 is 0 Å². The molecule has 0 heterocycles. The lowest BCUT2D eigenvalue weighted by Crippen LogP contribution is -2.52. The van der Waals surface area contributed by atoms with E-state index in [9.17, 15) is 5.11 Å². The van der Waals surface area contributed by atoms with Gasteiger partial charge in [-0.3, -0.25) is 0 Å². The largest absolute Gasteiger partial charge is 0.513 e. The van der Waals surface area contributed by atoms with Crippen molar-refractivity contribution >= 4 is 0 Å². The van der Waals surface area contributed by atoms with Crippen LogP contribution in [0.5, 0.6) is 0 Å². The predicted molar refractivity (Wildman–Crippen MR) is 91.6 cm³/mol. The predicted octanol–water partition coefficient (Wildman–Crippen LogP) is 6.11. The fraction of sp³-hybridized carbons (Fsp3) is 0.905. The molecule has 7 unspecified atom stereocenters. The normalized spacial score (nSPS) is 54.1. The zero-order valence-electron chi connectivity index (χ0n) is 14.8. The molecule has 22 heavy (non-hydrogen) atoms. The molecule has 1 nitrogen and oxygen atoms in total. The van der Waals surface area contributed by atoms with Crippen LogP contribution in [0, 0.1) is 40.4 Å². The molecule has 0 aliphatic heterocycles. The van der Waals surface area contributed by atoms with Crippen LogP contribution < -0.4 is 0 Å². The van der Waals surface area contributed by atoms with Crippen LogP contribution in [0.25, 0.3) is 0 Å². The van der Waals surface area contributed by atoms with Gasteiger partial charge in [0.15, 0.2) is 0 Å². The summed E-state index contributed by atoms with van der Waals surface area (Å²) < 4.78 is 0. The summed E-state index contributed by atoms with van der Waals surface area (Å²) in [5.74, 6) is 5.20. The minimum atomic E-state index is 0.473. The van der Waals surface area contributed by atoms with Gasteiger partial charge in [0.25, 0.3) is 0 Å². The molecule has 0 aromatic rings. The Kier molecular flexibility index (Phi) is 3.44. The Bertz CT molecular complexity index is 480. The molecule has 0 spiro atoms. The van der Waals surface area contributed by atoms with E-state index in [1.54, 1.807) is 0 Å². The number of hydrogen-bond acceptors (Lipinski definition) is 1. The highest BCUT2D eigenvalue weighted by molar-refractivity contribution is 5.15. The minimum absolute atomic E-state index is 0.473. The van der Waals surface area contributed by atoms with E-state index in [2.05, 4.69) is 26.8 Å². The lowest BCUT2D eigenvalue weighted by molar-refractivity contribution is -0.0934. The van der Waals surface area contributed by atoms with E-state index in [0.717, 1.165) is 30.1 Å². The first-order valence-corrected chi connectivity index (χ1v) is 9.88. The fourth-order valence-electron chi connectivity index (χ4n) is 7.62. The van der Waals surface area contributed by atoms with Crippen LogP contribution in [0.3, 0.4) is 0 Å². The van der Waals surface area contributed by atoms with Gasteiger partial charge in [0, 0.05) is 6.42 Å². The Hall–Kier alpha value is -0.460. The average molecular weight is 303 g/mol. The summed E-state index contributed by atoms with van der Waals surface area (Å²) >= 11 is 0. The maximum atomic E-state index is 9.98. The van der Waals surface area contributed by atoms with Crippen molar-refractivity contribution in [3.05, 3.63) is 11.8 Å². The number of allylic oxidation sites excluding steroid dienone is 2. The molecule has 7 atom stereocenters. The van der Waals surface area contributed by atoms with E-state index in [0.29, 0.717) is 22.5 Å². The van der Waals surface area contributed by atoms with Crippen molar-refractivity contribution in [3.63, 3.8) is 0 Å².